The van der Waals surface area contributed by atoms with Crippen molar-refractivity contribution in [1.29, 1.82) is 0 Å². The van der Waals surface area contributed by atoms with Crippen molar-refractivity contribution in [3.05, 3.63) is 29.6 Å². The molecule has 3 rings (SSSR count). The second-order valence-corrected chi connectivity index (χ2v) is 6.00. The Bertz CT molecular complexity index is 454. The number of hydrogen-bond donors (Lipinski definition) is 1. The van der Waals surface area contributed by atoms with E-state index in [2.05, 4.69) is 5.32 Å². The molecule has 0 aromatic heterocycles. The van der Waals surface area contributed by atoms with Gasteiger partial charge in [-0.3, -0.25) is 0 Å². The fraction of sp³-hybridized carbons (Fsp3) is 0.625. The summed E-state index contributed by atoms with van der Waals surface area (Å²) in [5.41, 5.74) is 1.49. The SMILES string of the molecule is COc1ccc(C2CNCC23CCCCC3)cc1F. The average molecular weight is 263 g/mol. The lowest BCUT2D eigenvalue weighted by Gasteiger charge is -2.38. The highest BCUT2D eigenvalue weighted by molar-refractivity contribution is 5.33. The van der Waals surface area contributed by atoms with Crippen molar-refractivity contribution in [3.63, 3.8) is 0 Å². The molecule has 1 aromatic rings. The molecule has 3 heteroatoms. The maximum atomic E-state index is 13.9. The van der Waals surface area contributed by atoms with E-state index in [0.29, 0.717) is 17.1 Å². The maximum Gasteiger partial charge on any atom is 0.165 e. The van der Waals surface area contributed by atoms with Gasteiger partial charge in [-0.1, -0.05) is 25.3 Å². The van der Waals surface area contributed by atoms with Gasteiger partial charge in [0, 0.05) is 19.0 Å². The second-order valence-electron chi connectivity index (χ2n) is 6.00. The average Bonchev–Trinajstić information content (AvgIpc) is 2.82. The normalized spacial score (nSPS) is 25.7. The molecule has 0 bridgehead atoms. The molecule has 1 saturated heterocycles. The molecule has 2 nitrogen and oxygen atoms in total. The van der Waals surface area contributed by atoms with Crippen LogP contribution >= 0.6 is 0 Å². The quantitative estimate of drug-likeness (QED) is 0.882. The summed E-state index contributed by atoms with van der Waals surface area (Å²) in [6, 6.07) is 5.47. The van der Waals surface area contributed by atoms with Gasteiger partial charge in [0.25, 0.3) is 0 Å². The van der Waals surface area contributed by atoms with Crippen molar-refractivity contribution in [2.45, 2.75) is 38.0 Å². The number of methoxy groups -OCH3 is 1. The Kier molecular flexibility index (Phi) is 3.48. The fourth-order valence-corrected chi connectivity index (χ4v) is 3.96. The Labute approximate surface area is 114 Å². The topological polar surface area (TPSA) is 21.3 Å². The molecule has 1 heterocycles. The molecular formula is C16H22FNO. The minimum absolute atomic E-state index is 0.238. The number of benzene rings is 1. The molecule has 1 saturated carbocycles. The van der Waals surface area contributed by atoms with Gasteiger partial charge in [0.05, 0.1) is 7.11 Å². The van der Waals surface area contributed by atoms with Crippen LogP contribution in [0.1, 0.15) is 43.6 Å². The largest absolute Gasteiger partial charge is 0.494 e. The van der Waals surface area contributed by atoms with Crippen LogP contribution in [-0.4, -0.2) is 20.2 Å². The third kappa shape index (κ3) is 2.25. The highest BCUT2D eigenvalue weighted by atomic mass is 19.1. The summed E-state index contributed by atoms with van der Waals surface area (Å²) in [6.07, 6.45) is 6.54. The minimum Gasteiger partial charge on any atom is -0.494 e. The van der Waals surface area contributed by atoms with Crippen molar-refractivity contribution in [3.8, 4) is 5.75 Å². The molecule has 104 valence electrons. The van der Waals surface area contributed by atoms with Crippen LogP contribution in [0.2, 0.25) is 0 Å². The van der Waals surface area contributed by atoms with Gasteiger partial charge in [0.1, 0.15) is 0 Å². The lowest BCUT2D eigenvalue weighted by Crippen LogP contribution is -2.31. The predicted octanol–water partition coefficient (Wildman–Crippen LogP) is 3.47. The monoisotopic (exact) mass is 263 g/mol. The predicted molar refractivity (Wildman–Crippen MR) is 74.1 cm³/mol. The highest BCUT2D eigenvalue weighted by Crippen LogP contribution is 2.49. The summed E-state index contributed by atoms with van der Waals surface area (Å²) in [4.78, 5) is 0. The molecule has 0 radical (unpaired) electrons. The van der Waals surface area contributed by atoms with Gasteiger partial charge in [-0.05, 0) is 36.0 Å². The van der Waals surface area contributed by atoms with Crippen LogP contribution in [0.5, 0.6) is 5.75 Å². The van der Waals surface area contributed by atoms with E-state index in [0.717, 1.165) is 18.7 Å². The zero-order valence-electron chi connectivity index (χ0n) is 11.5. The molecule has 2 aliphatic rings. The summed E-state index contributed by atoms with van der Waals surface area (Å²) in [5.74, 6) is 0.554. The van der Waals surface area contributed by atoms with E-state index in [4.69, 9.17) is 4.74 Å². The molecule has 1 unspecified atom stereocenters. The summed E-state index contributed by atoms with van der Waals surface area (Å²) < 4.78 is 18.9. The molecule has 1 aliphatic carbocycles. The van der Waals surface area contributed by atoms with Crippen LogP contribution in [0, 0.1) is 11.2 Å². The Morgan fingerprint density at radius 3 is 2.74 bits per heavy atom. The first-order valence-electron chi connectivity index (χ1n) is 7.29. The van der Waals surface area contributed by atoms with E-state index < -0.39 is 0 Å². The molecular weight excluding hydrogens is 241 g/mol. The summed E-state index contributed by atoms with van der Waals surface area (Å²) in [5, 5.41) is 3.53. The lowest BCUT2D eigenvalue weighted by molar-refractivity contribution is 0.189. The van der Waals surface area contributed by atoms with Gasteiger partial charge >= 0.3 is 0 Å². The Balaban J connectivity index is 1.90. The molecule has 1 N–H and O–H groups in total. The fourth-order valence-electron chi connectivity index (χ4n) is 3.96. The zero-order valence-corrected chi connectivity index (χ0v) is 11.5. The van der Waals surface area contributed by atoms with E-state index in [1.54, 1.807) is 12.1 Å². The number of halogens is 1. The van der Waals surface area contributed by atoms with Crippen molar-refractivity contribution in [2.75, 3.05) is 20.2 Å². The van der Waals surface area contributed by atoms with Gasteiger partial charge in [0.15, 0.2) is 11.6 Å². The smallest absolute Gasteiger partial charge is 0.165 e. The molecule has 1 spiro atoms. The highest BCUT2D eigenvalue weighted by Gasteiger charge is 2.44. The van der Waals surface area contributed by atoms with Crippen LogP contribution < -0.4 is 10.1 Å². The van der Waals surface area contributed by atoms with Gasteiger partial charge < -0.3 is 10.1 Å². The number of rotatable bonds is 2. The van der Waals surface area contributed by atoms with Gasteiger partial charge in [-0.15, -0.1) is 0 Å². The number of hydrogen-bond acceptors (Lipinski definition) is 2. The first-order chi connectivity index (χ1) is 9.25. The first-order valence-corrected chi connectivity index (χ1v) is 7.29. The third-order valence-electron chi connectivity index (χ3n) is 4.99. The Morgan fingerprint density at radius 1 is 1.26 bits per heavy atom. The lowest BCUT2D eigenvalue weighted by atomic mass is 9.66. The summed E-state index contributed by atoms with van der Waals surface area (Å²) in [6.45, 7) is 2.07. The van der Waals surface area contributed by atoms with E-state index in [9.17, 15) is 4.39 Å². The first kappa shape index (κ1) is 12.9. The van der Waals surface area contributed by atoms with Crippen LogP contribution in [0.4, 0.5) is 4.39 Å². The van der Waals surface area contributed by atoms with E-state index >= 15 is 0 Å². The number of ether oxygens (including phenoxy) is 1. The van der Waals surface area contributed by atoms with Crippen LogP contribution in [0.15, 0.2) is 18.2 Å². The van der Waals surface area contributed by atoms with E-state index in [1.807, 2.05) is 6.07 Å². The molecule has 2 fully saturated rings. The Morgan fingerprint density at radius 2 is 2.05 bits per heavy atom. The van der Waals surface area contributed by atoms with Crippen molar-refractivity contribution >= 4 is 0 Å². The standard InChI is InChI=1S/C16H22FNO/c1-19-15-6-5-12(9-14(15)17)13-10-18-11-16(13)7-3-2-4-8-16/h5-6,9,13,18H,2-4,7-8,10-11H2,1H3. The van der Waals surface area contributed by atoms with Gasteiger partial charge in [-0.25, -0.2) is 4.39 Å². The van der Waals surface area contributed by atoms with Crippen LogP contribution in [-0.2, 0) is 0 Å². The second kappa shape index (κ2) is 5.12. The maximum absolute atomic E-state index is 13.9. The summed E-state index contributed by atoms with van der Waals surface area (Å²) in [7, 11) is 1.51. The van der Waals surface area contributed by atoms with Crippen LogP contribution in [0.3, 0.4) is 0 Å². The molecule has 19 heavy (non-hydrogen) atoms. The third-order valence-corrected chi connectivity index (χ3v) is 4.99. The molecule has 1 atom stereocenters. The molecule has 0 amide bonds. The molecule has 1 aliphatic heterocycles. The summed E-state index contributed by atoms with van der Waals surface area (Å²) >= 11 is 0. The van der Waals surface area contributed by atoms with Crippen molar-refractivity contribution in [2.24, 2.45) is 5.41 Å². The number of nitrogens with one attached hydrogen (secondary N) is 1. The van der Waals surface area contributed by atoms with Crippen molar-refractivity contribution < 1.29 is 9.13 Å². The van der Waals surface area contributed by atoms with Crippen LogP contribution in [0.25, 0.3) is 0 Å². The molecule has 1 aromatic carbocycles. The van der Waals surface area contributed by atoms with E-state index in [1.165, 1.54) is 39.2 Å². The zero-order chi connectivity index (χ0) is 13.3. The Hall–Kier alpha value is -1.09. The minimum atomic E-state index is -0.238. The van der Waals surface area contributed by atoms with Gasteiger partial charge in [0.2, 0.25) is 0 Å². The van der Waals surface area contributed by atoms with E-state index in [-0.39, 0.29) is 5.82 Å². The van der Waals surface area contributed by atoms with Crippen molar-refractivity contribution in [1.82, 2.24) is 5.32 Å². The van der Waals surface area contributed by atoms with Gasteiger partial charge in [-0.2, -0.15) is 0 Å².